The number of anilines is 1. The van der Waals surface area contributed by atoms with Crippen molar-refractivity contribution in [3.8, 4) is 11.3 Å². The Morgan fingerprint density at radius 2 is 1.95 bits per heavy atom. The highest BCUT2D eigenvalue weighted by Crippen LogP contribution is 2.21. The maximum atomic E-state index is 4.39. The van der Waals surface area contributed by atoms with Crippen LogP contribution < -0.4 is 10.6 Å². The largest absolute Gasteiger partial charge is 0.366 e. The molecular formula is C17H24N4. The summed E-state index contributed by atoms with van der Waals surface area (Å²) in [6.45, 7) is 4.39. The molecule has 1 aliphatic rings. The van der Waals surface area contributed by atoms with Gasteiger partial charge in [0.15, 0.2) is 0 Å². The molecule has 0 radical (unpaired) electrons. The van der Waals surface area contributed by atoms with Gasteiger partial charge < -0.3 is 10.6 Å². The van der Waals surface area contributed by atoms with Crippen LogP contribution in [0.2, 0.25) is 0 Å². The molecule has 1 aromatic carbocycles. The summed E-state index contributed by atoms with van der Waals surface area (Å²) in [7, 11) is 0. The zero-order valence-corrected chi connectivity index (χ0v) is 12.7. The number of aryl methyl sites for hydroxylation is 1. The maximum Gasteiger partial charge on any atom is 0.148 e. The Morgan fingerprint density at radius 3 is 2.67 bits per heavy atom. The van der Waals surface area contributed by atoms with Crippen molar-refractivity contribution >= 4 is 5.82 Å². The van der Waals surface area contributed by atoms with Crippen molar-refractivity contribution in [2.75, 3.05) is 18.4 Å². The number of rotatable bonds is 5. The van der Waals surface area contributed by atoms with Crippen LogP contribution in [-0.2, 0) is 6.42 Å². The minimum Gasteiger partial charge on any atom is -0.366 e. The topological polar surface area (TPSA) is 52.7 Å². The van der Waals surface area contributed by atoms with Gasteiger partial charge in [0.2, 0.25) is 0 Å². The molecule has 3 N–H and O–H groups in total. The Balaban J connectivity index is 1.66. The monoisotopic (exact) mass is 284 g/mol. The number of aromatic nitrogens is 2. The third-order valence-corrected chi connectivity index (χ3v) is 4.07. The first-order chi connectivity index (χ1) is 10.3. The third-order valence-electron chi connectivity index (χ3n) is 4.07. The molecule has 0 unspecified atom stereocenters. The highest BCUT2D eigenvalue weighted by molar-refractivity contribution is 5.63. The lowest BCUT2D eigenvalue weighted by molar-refractivity contribution is 0.478. The molecule has 2 heterocycles. The molecule has 0 saturated carbocycles. The number of piperidine rings is 1. The quantitative estimate of drug-likeness (QED) is 0.790. The van der Waals surface area contributed by atoms with Gasteiger partial charge in [0.25, 0.3) is 0 Å². The molecule has 21 heavy (non-hydrogen) atoms. The SMILES string of the molecule is CCCc1ccc(-c2cc(NC3CCNCC3)n[nH]2)cc1. The Kier molecular flexibility index (Phi) is 4.55. The van der Waals surface area contributed by atoms with Crippen LogP contribution in [0.15, 0.2) is 30.3 Å². The first-order valence-corrected chi connectivity index (χ1v) is 7.97. The van der Waals surface area contributed by atoms with E-state index in [0.717, 1.165) is 43.9 Å². The van der Waals surface area contributed by atoms with E-state index < -0.39 is 0 Å². The predicted octanol–water partition coefficient (Wildman–Crippen LogP) is 3.19. The van der Waals surface area contributed by atoms with Crippen molar-refractivity contribution in [2.24, 2.45) is 0 Å². The van der Waals surface area contributed by atoms with E-state index in [1.165, 1.54) is 17.5 Å². The van der Waals surface area contributed by atoms with E-state index in [-0.39, 0.29) is 0 Å². The van der Waals surface area contributed by atoms with Gasteiger partial charge in [-0.05, 0) is 43.5 Å². The summed E-state index contributed by atoms with van der Waals surface area (Å²) >= 11 is 0. The summed E-state index contributed by atoms with van der Waals surface area (Å²) in [6, 6.07) is 11.4. The number of nitrogens with zero attached hydrogens (tertiary/aromatic N) is 1. The lowest BCUT2D eigenvalue weighted by Crippen LogP contribution is -2.35. The van der Waals surface area contributed by atoms with Crippen molar-refractivity contribution in [3.05, 3.63) is 35.9 Å². The van der Waals surface area contributed by atoms with E-state index >= 15 is 0 Å². The molecule has 2 aromatic rings. The summed E-state index contributed by atoms with van der Waals surface area (Å²) < 4.78 is 0. The second-order valence-electron chi connectivity index (χ2n) is 5.78. The number of aromatic amines is 1. The van der Waals surface area contributed by atoms with E-state index in [9.17, 15) is 0 Å². The van der Waals surface area contributed by atoms with Gasteiger partial charge in [-0.1, -0.05) is 37.6 Å². The summed E-state index contributed by atoms with van der Waals surface area (Å²) in [5.41, 5.74) is 3.67. The second kappa shape index (κ2) is 6.76. The average molecular weight is 284 g/mol. The zero-order chi connectivity index (χ0) is 14.5. The second-order valence-corrected chi connectivity index (χ2v) is 5.78. The molecule has 0 aliphatic carbocycles. The van der Waals surface area contributed by atoms with Crippen molar-refractivity contribution in [3.63, 3.8) is 0 Å². The first-order valence-electron chi connectivity index (χ1n) is 7.97. The van der Waals surface area contributed by atoms with E-state index in [1.807, 2.05) is 0 Å². The Labute approximate surface area is 126 Å². The van der Waals surface area contributed by atoms with Gasteiger partial charge in [-0.2, -0.15) is 5.10 Å². The number of H-pyrrole nitrogens is 1. The fraction of sp³-hybridized carbons (Fsp3) is 0.471. The summed E-state index contributed by atoms with van der Waals surface area (Å²) in [4.78, 5) is 0. The Morgan fingerprint density at radius 1 is 1.19 bits per heavy atom. The molecule has 112 valence electrons. The zero-order valence-electron chi connectivity index (χ0n) is 12.7. The molecule has 1 aliphatic heterocycles. The van der Waals surface area contributed by atoms with Gasteiger partial charge in [0.05, 0.1) is 5.69 Å². The van der Waals surface area contributed by atoms with Gasteiger partial charge >= 0.3 is 0 Å². The summed E-state index contributed by atoms with van der Waals surface area (Å²) in [5.74, 6) is 0.953. The molecular weight excluding hydrogens is 260 g/mol. The van der Waals surface area contributed by atoms with E-state index in [1.54, 1.807) is 0 Å². The van der Waals surface area contributed by atoms with Crippen LogP contribution in [0.1, 0.15) is 31.7 Å². The van der Waals surface area contributed by atoms with Crippen LogP contribution in [0, 0.1) is 0 Å². The fourth-order valence-electron chi connectivity index (χ4n) is 2.86. The number of nitrogens with one attached hydrogen (secondary N) is 3. The van der Waals surface area contributed by atoms with Gasteiger partial charge in [-0.15, -0.1) is 0 Å². The van der Waals surface area contributed by atoms with Crippen LogP contribution >= 0.6 is 0 Å². The average Bonchev–Trinajstić information content (AvgIpc) is 2.98. The van der Waals surface area contributed by atoms with Crippen LogP contribution in [0.5, 0.6) is 0 Å². The fourth-order valence-corrected chi connectivity index (χ4v) is 2.86. The Bertz CT molecular complexity index is 552. The van der Waals surface area contributed by atoms with Crippen molar-refractivity contribution < 1.29 is 0 Å². The lowest BCUT2D eigenvalue weighted by atomic mass is 10.1. The molecule has 0 amide bonds. The van der Waals surface area contributed by atoms with Crippen molar-refractivity contribution in [1.29, 1.82) is 0 Å². The van der Waals surface area contributed by atoms with Gasteiger partial charge in [-0.3, -0.25) is 5.10 Å². The minimum absolute atomic E-state index is 0.536. The number of hydrogen-bond donors (Lipinski definition) is 3. The maximum absolute atomic E-state index is 4.39. The third kappa shape index (κ3) is 3.64. The lowest BCUT2D eigenvalue weighted by Gasteiger charge is -2.23. The first kappa shape index (κ1) is 14.1. The molecule has 1 aromatic heterocycles. The van der Waals surface area contributed by atoms with Crippen LogP contribution in [-0.4, -0.2) is 29.3 Å². The van der Waals surface area contributed by atoms with Crippen molar-refractivity contribution in [2.45, 2.75) is 38.6 Å². The van der Waals surface area contributed by atoms with Gasteiger partial charge in [0, 0.05) is 12.1 Å². The molecule has 4 heteroatoms. The van der Waals surface area contributed by atoms with Crippen LogP contribution in [0.25, 0.3) is 11.3 Å². The smallest absolute Gasteiger partial charge is 0.148 e. The highest BCUT2D eigenvalue weighted by Gasteiger charge is 2.14. The van der Waals surface area contributed by atoms with Crippen LogP contribution in [0.4, 0.5) is 5.82 Å². The van der Waals surface area contributed by atoms with Crippen molar-refractivity contribution in [1.82, 2.24) is 15.5 Å². The summed E-state index contributed by atoms with van der Waals surface area (Å²) in [5, 5.41) is 14.4. The molecule has 3 rings (SSSR count). The number of benzene rings is 1. The highest BCUT2D eigenvalue weighted by atomic mass is 15.2. The summed E-state index contributed by atoms with van der Waals surface area (Å²) in [6.07, 6.45) is 4.65. The van der Waals surface area contributed by atoms with E-state index in [4.69, 9.17) is 0 Å². The van der Waals surface area contributed by atoms with E-state index in [2.05, 4.69) is 58.1 Å². The minimum atomic E-state index is 0.536. The van der Waals surface area contributed by atoms with Crippen LogP contribution in [0.3, 0.4) is 0 Å². The number of hydrogen-bond acceptors (Lipinski definition) is 3. The normalized spacial score (nSPS) is 16.0. The molecule has 0 bridgehead atoms. The molecule has 1 fully saturated rings. The standard InChI is InChI=1S/C17H24N4/c1-2-3-13-4-6-14(7-5-13)16-12-17(21-20-16)19-15-8-10-18-11-9-15/h4-7,12,15,18H,2-3,8-11H2,1H3,(H2,19,20,21). The molecule has 0 atom stereocenters. The van der Waals surface area contributed by atoms with Gasteiger partial charge in [0.1, 0.15) is 5.82 Å². The molecule has 4 nitrogen and oxygen atoms in total. The molecule has 0 spiro atoms. The molecule has 1 saturated heterocycles. The van der Waals surface area contributed by atoms with Gasteiger partial charge in [-0.25, -0.2) is 0 Å². The predicted molar refractivity (Wildman–Crippen MR) is 87.5 cm³/mol. The Hall–Kier alpha value is -1.81. The van der Waals surface area contributed by atoms with E-state index in [0.29, 0.717) is 6.04 Å².